The van der Waals surface area contributed by atoms with Gasteiger partial charge in [0.1, 0.15) is 11.5 Å². The van der Waals surface area contributed by atoms with E-state index in [4.69, 9.17) is 4.74 Å². The second-order valence-electron chi connectivity index (χ2n) is 7.41. The molecular weight excluding hydrogens is 403 g/mol. The number of methoxy groups -OCH3 is 1. The van der Waals surface area contributed by atoms with Crippen molar-refractivity contribution in [3.63, 3.8) is 0 Å². The van der Waals surface area contributed by atoms with Crippen LogP contribution >= 0.6 is 22.6 Å². The summed E-state index contributed by atoms with van der Waals surface area (Å²) in [6.45, 7) is -0.0354. The second kappa shape index (κ2) is 5.96. The highest BCUT2D eigenvalue weighted by molar-refractivity contribution is 14.1. The average molecular weight is 426 g/mol. The molecule has 124 valence electrons. The highest BCUT2D eigenvalue weighted by atomic mass is 127. The summed E-state index contributed by atoms with van der Waals surface area (Å²) in [6.07, 6.45) is 6.59. The number of benzene rings is 1. The van der Waals surface area contributed by atoms with Gasteiger partial charge in [0.05, 0.1) is 17.3 Å². The van der Waals surface area contributed by atoms with Crippen molar-refractivity contribution in [1.29, 1.82) is 0 Å². The number of halogens is 1. The molecule has 0 heterocycles. The normalized spacial score (nSPS) is 31.5. The van der Waals surface area contributed by atoms with Crippen molar-refractivity contribution in [2.45, 2.75) is 38.7 Å². The number of allylic oxidation sites excluding steroid dienone is 1. The highest BCUT2D eigenvalue weighted by Gasteiger charge is 2.46. The van der Waals surface area contributed by atoms with Gasteiger partial charge in [0, 0.05) is 5.56 Å². The monoisotopic (exact) mass is 426 g/mol. The molecule has 23 heavy (non-hydrogen) atoms. The molecular formula is C19H23IO3. The summed E-state index contributed by atoms with van der Waals surface area (Å²) in [5, 5.41) is 19.9. The Kier molecular flexibility index (Phi) is 4.08. The standard InChI is InChI=1S/C19H23IO3/c1-23-19(15-8-17(22)16(20)7-14(15)9-21)18-12-3-10-2-11(5-12)6-13(18)4-10/h7-8,10-13,21-22H,2-6,9H2,1H3. The van der Waals surface area contributed by atoms with Gasteiger partial charge in [0.2, 0.25) is 0 Å². The first kappa shape index (κ1) is 15.8. The average Bonchev–Trinajstić information content (AvgIpc) is 2.52. The molecule has 1 aromatic carbocycles. The molecule has 4 aliphatic carbocycles. The lowest BCUT2D eigenvalue weighted by Gasteiger charge is -2.51. The Morgan fingerprint density at radius 2 is 1.74 bits per heavy atom. The molecule has 3 nitrogen and oxygen atoms in total. The number of phenolic OH excluding ortho intramolecular Hbond substituents is 1. The third kappa shape index (κ3) is 2.58. The van der Waals surface area contributed by atoms with E-state index >= 15 is 0 Å². The smallest absolute Gasteiger partial charge is 0.129 e. The number of aliphatic hydroxyl groups is 1. The zero-order valence-corrected chi connectivity index (χ0v) is 15.5. The summed E-state index contributed by atoms with van der Waals surface area (Å²) in [7, 11) is 1.73. The molecule has 4 bridgehead atoms. The second-order valence-corrected chi connectivity index (χ2v) is 8.57. The van der Waals surface area contributed by atoms with Crippen LogP contribution in [0.1, 0.15) is 43.2 Å². The van der Waals surface area contributed by atoms with Gasteiger partial charge >= 0.3 is 0 Å². The molecule has 0 unspecified atom stereocenters. The minimum atomic E-state index is -0.0354. The molecule has 0 aromatic heterocycles. The summed E-state index contributed by atoms with van der Waals surface area (Å²) in [5.74, 6) is 4.25. The number of hydrogen-bond donors (Lipinski definition) is 2. The number of aromatic hydroxyl groups is 1. The predicted octanol–water partition coefficient (Wildman–Crippen LogP) is 4.30. The van der Waals surface area contributed by atoms with Crippen molar-refractivity contribution >= 4 is 28.4 Å². The van der Waals surface area contributed by atoms with Crippen molar-refractivity contribution in [2.75, 3.05) is 7.11 Å². The highest BCUT2D eigenvalue weighted by Crippen LogP contribution is 2.58. The van der Waals surface area contributed by atoms with Crippen LogP contribution in [-0.4, -0.2) is 17.3 Å². The maximum atomic E-state index is 10.1. The van der Waals surface area contributed by atoms with Crippen molar-refractivity contribution in [1.82, 2.24) is 0 Å². The van der Waals surface area contributed by atoms with E-state index in [9.17, 15) is 10.2 Å². The van der Waals surface area contributed by atoms with Gasteiger partial charge in [-0.3, -0.25) is 0 Å². The van der Waals surface area contributed by atoms with Crippen LogP contribution in [0.4, 0.5) is 0 Å². The molecule has 1 aromatic rings. The number of rotatable bonds is 3. The van der Waals surface area contributed by atoms with Crippen LogP contribution in [0.25, 0.3) is 5.76 Å². The topological polar surface area (TPSA) is 49.7 Å². The molecule has 4 fully saturated rings. The van der Waals surface area contributed by atoms with E-state index in [0.29, 0.717) is 11.8 Å². The zero-order valence-electron chi connectivity index (χ0n) is 13.4. The van der Waals surface area contributed by atoms with Crippen LogP contribution in [0.15, 0.2) is 17.7 Å². The molecule has 0 atom stereocenters. The molecule has 4 saturated carbocycles. The summed E-state index contributed by atoms with van der Waals surface area (Å²) in [6, 6.07) is 3.63. The molecule has 0 radical (unpaired) electrons. The van der Waals surface area contributed by atoms with Crippen molar-refractivity contribution in [3.05, 3.63) is 32.4 Å². The number of aliphatic hydroxyl groups excluding tert-OH is 1. The van der Waals surface area contributed by atoms with Gasteiger partial charge in [-0.2, -0.15) is 0 Å². The van der Waals surface area contributed by atoms with E-state index in [1.54, 1.807) is 13.2 Å². The molecule has 0 aliphatic heterocycles. The Labute approximate surface area is 150 Å². The van der Waals surface area contributed by atoms with Gasteiger partial charge in [-0.25, -0.2) is 0 Å². The van der Waals surface area contributed by atoms with Crippen LogP contribution in [0.5, 0.6) is 5.75 Å². The quantitative estimate of drug-likeness (QED) is 0.560. The van der Waals surface area contributed by atoms with Crippen molar-refractivity contribution in [2.24, 2.45) is 23.7 Å². The third-order valence-corrected chi connectivity index (χ3v) is 6.94. The van der Waals surface area contributed by atoms with Gasteiger partial charge in [-0.05, 0) is 102 Å². The van der Waals surface area contributed by atoms with Crippen molar-refractivity contribution in [3.8, 4) is 5.75 Å². The minimum absolute atomic E-state index is 0.0354. The predicted molar refractivity (Wildman–Crippen MR) is 97.7 cm³/mol. The van der Waals surface area contributed by atoms with Gasteiger partial charge < -0.3 is 14.9 Å². The van der Waals surface area contributed by atoms with E-state index in [1.807, 2.05) is 6.07 Å². The molecule has 0 spiro atoms. The van der Waals surface area contributed by atoms with E-state index in [1.165, 1.54) is 37.7 Å². The van der Waals surface area contributed by atoms with E-state index in [-0.39, 0.29) is 12.4 Å². The minimum Gasteiger partial charge on any atom is -0.507 e. The van der Waals surface area contributed by atoms with Crippen LogP contribution in [-0.2, 0) is 11.3 Å². The molecule has 0 amide bonds. The molecule has 2 N–H and O–H groups in total. The van der Waals surface area contributed by atoms with Gasteiger partial charge in [0.25, 0.3) is 0 Å². The maximum absolute atomic E-state index is 10.1. The number of ether oxygens (including phenoxy) is 1. The third-order valence-electron chi connectivity index (χ3n) is 6.07. The van der Waals surface area contributed by atoms with Gasteiger partial charge in [0.15, 0.2) is 0 Å². The molecule has 0 saturated heterocycles. The Hall–Kier alpha value is -0.750. The van der Waals surface area contributed by atoms with Gasteiger partial charge in [-0.15, -0.1) is 0 Å². The van der Waals surface area contributed by atoms with Gasteiger partial charge in [-0.1, -0.05) is 0 Å². The van der Waals surface area contributed by atoms with Crippen LogP contribution in [0.2, 0.25) is 0 Å². The number of phenols is 1. The van der Waals surface area contributed by atoms with Crippen LogP contribution in [0, 0.1) is 27.2 Å². The van der Waals surface area contributed by atoms with E-state index in [2.05, 4.69) is 22.6 Å². The Balaban J connectivity index is 1.84. The lowest BCUT2D eigenvalue weighted by atomic mass is 9.54. The fourth-order valence-electron chi connectivity index (χ4n) is 5.39. The molecule has 5 rings (SSSR count). The fourth-order valence-corrected chi connectivity index (χ4v) is 5.92. The summed E-state index contributed by atoms with van der Waals surface area (Å²) < 4.78 is 6.62. The maximum Gasteiger partial charge on any atom is 0.129 e. The Bertz CT molecular complexity index is 635. The van der Waals surface area contributed by atoms with Crippen LogP contribution < -0.4 is 0 Å². The summed E-state index contributed by atoms with van der Waals surface area (Å²) >= 11 is 2.10. The van der Waals surface area contributed by atoms with E-state index in [0.717, 1.165) is 32.3 Å². The summed E-state index contributed by atoms with van der Waals surface area (Å²) in [4.78, 5) is 0. The first-order valence-corrected chi connectivity index (χ1v) is 9.59. The van der Waals surface area contributed by atoms with Crippen molar-refractivity contribution < 1.29 is 14.9 Å². The van der Waals surface area contributed by atoms with Crippen LogP contribution in [0.3, 0.4) is 0 Å². The molecule has 4 aliphatic rings. The molecule has 4 heteroatoms. The number of hydrogen-bond acceptors (Lipinski definition) is 3. The van der Waals surface area contributed by atoms with E-state index < -0.39 is 0 Å². The zero-order chi connectivity index (χ0) is 16.1. The largest absolute Gasteiger partial charge is 0.507 e. The lowest BCUT2D eigenvalue weighted by Crippen LogP contribution is -2.41. The first-order chi connectivity index (χ1) is 11.1. The lowest BCUT2D eigenvalue weighted by molar-refractivity contribution is 0.0675. The Morgan fingerprint density at radius 1 is 1.13 bits per heavy atom. The Morgan fingerprint density at radius 3 is 2.26 bits per heavy atom. The summed E-state index contributed by atoms with van der Waals surface area (Å²) in [5.41, 5.74) is 3.16. The SMILES string of the molecule is COC(=C1C2CC3CC(C2)CC1C3)c1cc(O)c(I)cc1CO. The first-order valence-electron chi connectivity index (χ1n) is 8.51. The fraction of sp³-hybridized carbons (Fsp3) is 0.579.